The van der Waals surface area contributed by atoms with Crippen LogP contribution in [0.5, 0.6) is 0 Å². The first-order valence-electron chi connectivity index (χ1n) is 6.38. The van der Waals surface area contributed by atoms with E-state index in [1.165, 1.54) is 6.42 Å². The summed E-state index contributed by atoms with van der Waals surface area (Å²) in [6.45, 7) is 3.93. The molecule has 0 bridgehead atoms. The van der Waals surface area contributed by atoms with Crippen LogP contribution in [0.25, 0.3) is 6.08 Å². The SMILES string of the molecule is C[C@H]1CCCN(C(=O)/C=C/c2ccccc2Cl)C1. The third-order valence-corrected chi connectivity index (χ3v) is 3.62. The third kappa shape index (κ3) is 3.36. The molecule has 0 aromatic heterocycles. The largest absolute Gasteiger partial charge is 0.339 e. The molecule has 18 heavy (non-hydrogen) atoms. The van der Waals surface area contributed by atoms with E-state index in [-0.39, 0.29) is 5.91 Å². The molecule has 1 aromatic carbocycles. The molecule has 0 aliphatic carbocycles. The van der Waals surface area contributed by atoms with Crippen molar-refractivity contribution in [1.82, 2.24) is 4.90 Å². The van der Waals surface area contributed by atoms with E-state index in [1.807, 2.05) is 29.2 Å². The quantitative estimate of drug-likeness (QED) is 0.747. The molecule has 3 heteroatoms. The van der Waals surface area contributed by atoms with Gasteiger partial charge in [-0.05, 0) is 36.5 Å². The standard InChI is InChI=1S/C15H18ClNO/c1-12-5-4-10-17(11-12)15(18)9-8-13-6-2-3-7-14(13)16/h2-3,6-9,12H,4-5,10-11H2,1H3/b9-8+/t12-/m0/s1. The zero-order chi connectivity index (χ0) is 13.0. The molecular weight excluding hydrogens is 246 g/mol. The predicted octanol–water partition coefficient (Wildman–Crippen LogP) is 3.61. The highest BCUT2D eigenvalue weighted by Crippen LogP contribution is 2.18. The van der Waals surface area contributed by atoms with E-state index in [4.69, 9.17) is 11.6 Å². The minimum atomic E-state index is 0.0847. The first-order chi connectivity index (χ1) is 8.66. The van der Waals surface area contributed by atoms with Crippen LogP contribution in [0.3, 0.4) is 0 Å². The van der Waals surface area contributed by atoms with Crippen LogP contribution < -0.4 is 0 Å². The van der Waals surface area contributed by atoms with Crippen LogP contribution in [0.4, 0.5) is 0 Å². The molecule has 1 fully saturated rings. The number of rotatable bonds is 2. The van der Waals surface area contributed by atoms with Crippen molar-refractivity contribution in [3.63, 3.8) is 0 Å². The van der Waals surface area contributed by atoms with Gasteiger partial charge in [-0.1, -0.05) is 36.7 Å². The minimum absolute atomic E-state index is 0.0847. The van der Waals surface area contributed by atoms with Crippen LogP contribution in [0, 0.1) is 5.92 Å². The second kappa shape index (κ2) is 6.05. The normalized spacial score (nSPS) is 20.3. The fourth-order valence-electron chi connectivity index (χ4n) is 2.27. The molecule has 2 nitrogen and oxygen atoms in total. The molecule has 1 atom stereocenters. The fourth-order valence-corrected chi connectivity index (χ4v) is 2.47. The Morgan fingerprint density at radius 1 is 1.44 bits per heavy atom. The van der Waals surface area contributed by atoms with Crippen molar-refractivity contribution in [1.29, 1.82) is 0 Å². The number of likely N-dealkylation sites (tertiary alicyclic amines) is 1. The third-order valence-electron chi connectivity index (χ3n) is 3.28. The molecule has 0 N–H and O–H groups in total. The van der Waals surface area contributed by atoms with E-state index in [2.05, 4.69) is 6.92 Å². The molecule has 1 aliphatic heterocycles. The minimum Gasteiger partial charge on any atom is -0.339 e. The lowest BCUT2D eigenvalue weighted by atomic mass is 10.0. The lowest BCUT2D eigenvalue weighted by Crippen LogP contribution is -2.38. The van der Waals surface area contributed by atoms with Crippen molar-refractivity contribution in [3.05, 3.63) is 40.9 Å². The maximum absolute atomic E-state index is 12.0. The van der Waals surface area contributed by atoms with Crippen LogP contribution >= 0.6 is 11.6 Å². The zero-order valence-electron chi connectivity index (χ0n) is 10.6. The summed E-state index contributed by atoms with van der Waals surface area (Å²) in [6.07, 6.45) is 5.74. The van der Waals surface area contributed by atoms with E-state index in [0.29, 0.717) is 10.9 Å². The summed E-state index contributed by atoms with van der Waals surface area (Å²) in [7, 11) is 0. The van der Waals surface area contributed by atoms with Crippen LogP contribution in [0.2, 0.25) is 5.02 Å². The number of amides is 1. The molecule has 1 aliphatic rings. The summed E-state index contributed by atoms with van der Waals surface area (Å²) >= 11 is 6.04. The average molecular weight is 264 g/mol. The van der Waals surface area contributed by atoms with Gasteiger partial charge in [0.05, 0.1) is 0 Å². The summed E-state index contributed by atoms with van der Waals surface area (Å²) in [5.74, 6) is 0.692. The molecule has 2 rings (SSSR count). The van der Waals surface area contributed by atoms with Gasteiger partial charge in [-0.2, -0.15) is 0 Å². The monoisotopic (exact) mass is 263 g/mol. The van der Waals surface area contributed by atoms with E-state index in [0.717, 1.165) is 25.1 Å². The van der Waals surface area contributed by atoms with E-state index in [1.54, 1.807) is 12.2 Å². The Bertz CT molecular complexity index is 456. The Hall–Kier alpha value is -1.28. The first kappa shape index (κ1) is 13.2. The average Bonchev–Trinajstić information content (AvgIpc) is 2.37. The molecule has 1 amide bonds. The Labute approximate surface area is 113 Å². The number of halogens is 1. The van der Waals surface area contributed by atoms with Crippen LogP contribution in [-0.4, -0.2) is 23.9 Å². The maximum atomic E-state index is 12.0. The Kier molecular flexibility index (Phi) is 4.43. The Balaban J connectivity index is 2.01. The number of hydrogen-bond acceptors (Lipinski definition) is 1. The summed E-state index contributed by atoms with van der Waals surface area (Å²) in [6, 6.07) is 7.53. The van der Waals surface area contributed by atoms with Crippen molar-refractivity contribution in [2.24, 2.45) is 5.92 Å². The van der Waals surface area contributed by atoms with Crippen LogP contribution in [0.1, 0.15) is 25.3 Å². The number of piperidine rings is 1. The van der Waals surface area contributed by atoms with Gasteiger partial charge >= 0.3 is 0 Å². The highest BCUT2D eigenvalue weighted by molar-refractivity contribution is 6.32. The van der Waals surface area contributed by atoms with Gasteiger partial charge in [-0.15, -0.1) is 0 Å². The second-order valence-corrected chi connectivity index (χ2v) is 5.29. The highest BCUT2D eigenvalue weighted by Gasteiger charge is 2.18. The number of hydrogen-bond donors (Lipinski definition) is 0. The molecule has 1 heterocycles. The van der Waals surface area contributed by atoms with Crippen molar-refractivity contribution in [2.45, 2.75) is 19.8 Å². The molecule has 0 radical (unpaired) electrons. The van der Waals surface area contributed by atoms with E-state index in [9.17, 15) is 4.79 Å². The van der Waals surface area contributed by atoms with Crippen molar-refractivity contribution >= 4 is 23.6 Å². The summed E-state index contributed by atoms with van der Waals surface area (Å²) in [5, 5.41) is 0.675. The summed E-state index contributed by atoms with van der Waals surface area (Å²) in [4.78, 5) is 13.9. The van der Waals surface area contributed by atoms with Gasteiger partial charge in [0.2, 0.25) is 5.91 Å². The van der Waals surface area contributed by atoms with Gasteiger partial charge in [-0.3, -0.25) is 4.79 Å². The fraction of sp³-hybridized carbons (Fsp3) is 0.400. The van der Waals surface area contributed by atoms with Gasteiger partial charge in [0.15, 0.2) is 0 Å². The summed E-state index contributed by atoms with van der Waals surface area (Å²) in [5.41, 5.74) is 0.887. The molecule has 1 saturated heterocycles. The molecule has 96 valence electrons. The van der Waals surface area contributed by atoms with Gasteiger partial charge in [0, 0.05) is 24.2 Å². The van der Waals surface area contributed by atoms with Gasteiger partial charge in [0.1, 0.15) is 0 Å². The molecule has 0 saturated carbocycles. The maximum Gasteiger partial charge on any atom is 0.246 e. The van der Waals surface area contributed by atoms with Gasteiger partial charge in [0.25, 0.3) is 0 Å². The number of carbonyl (C=O) groups is 1. The van der Waals surface area contributed by atoms with Crippen molar-refractivity contribution < 1.29 is 4.79 Å². The Morgan fingerprint density at radius 2 is 2.22 bits per heavy atom. The highest BCUT2D eigenvalue weighted by atomic mass is 35.5. The van der Waals surface area contributed by atoms with Gasteiger partial charge in [-0.25, -0.2) is 0 Å². The van der Waals surface area contributed by atoms with E-state index < -0.39 is 0 Å². The van der Waals surface area contributed by atoms with Crippen LogP contribution in [0.15, 0.2) is 30.3 Å². The summed E-state index contributed by atoms with van der Waals surface area (Å²) < 4.78 is 0. The predicted molar refractivity (Wildman–Crippen MR) is 75.5 cm³/mol. The topological polar surface area (TPSA) is 20.3 Å². The van der Waals surface area contributed by atoms with Gasteiger partial charge < -0.3 is 4.90 Å². The van der Waals surface area contributed by atoms with Crippen molar-refractivity contribution in [3.8, 4) is 0 Å². The molecule has 0 spiro atoms. The van der Waals surface area contributed by atoms with Crippen molar-refractivity contribution in [2.75, 3.05) is 13.1 Å². The van der Waals surface area contributed by atoms with E-state index >= 15 is 0 Å². The first-order valence-corrected chi connectivity index (χ1v) is 6.76. The second-order valence-electron chi connectivity index (χ2n) is 4.89. The molecule has 1 aromatic rings. The number of nitrogens with zero attached hydrogens (tertiary/aromatic N) is 1. The zero-order valence-corrected chi connectivity index (χ0v) is 11.4. The van der Waals surface area contributed by atoms with Crippen LogP contribution in [-0.2, 0) is 4.79 Å². The molecule has 0 unspecified atom stereocenters. The lowest BCUT2D eigenvalue weighted by molar-refractivity contribution is -0.127. The molecular formula is C15H18ClNO. The number of carbonyl (C=O) groups excluding carboxylic acids is 1. The Morgan fingerprint density at radius 3 is 2.94 bits per heavy atom. The smallest absolute Gasteiger partial charge is 0.246 e. The lowest BCUT2D eigenvalue weighted by Gasteiger charge is -2.30. The number of benzene rings is 1.